The van der Waals surface area contributed by atoms with E-state index in [4.69, 9.17) is 21.1 Å². The second-order valence-corrected chi connectivity index (χ2v) is 12.8. The van der Waals surface area contributed by atoms with Gasteiger partial charge >= 0.3 is 0 Å². The lowest BCUT2D eigenvalue weighted by atomic mass is 9.79. The van der Waals surface area contributed by atoms with Crippen LogP contribution in [-0.4, -0.2) is 56.5 Å². The Kier molecular flexibility index (Phi) is 8.37. The molecule has 1 aromatic heterocycles. The van der Waals surface area contributed by atoms with Gasteiger partial charge in [-0.3, -0.25) is 9.59 Å². The van der Waals surface area contributed by atoms with Crippen molar-refractivity contribution in [1.29, 1.82) is 0 Å². The number of aromatic nitrogens is 1. The topological polar surface area (TPSA) is 107 Å². The maximum atomic E-state index is 14.5. The first-order valence-electron chi connectivity index (χ1n) is 14.2. The third-order valence-electron chi connectivity index (χ3n) is 8.00. The van der Waals surface area contributed by atoms with Crippen molar-refractivity contribution >= 4 is 50.0 Å². The van der Waals surface area contributed by atoms with Gasteiger partial charge in [0.1, 0.15) is 5.75 Å². The number of hydrogen-bond acceptors (Lipinski definition) is 6. The van der Waals surface area contributed by atoms with E-state index in [0.29, 0.717) is 44.1 Å². The largest absolute Gasteiger partial charge is 0.495 e. The maximum Gasteiger partial charge on any atom is 0.268 e. The molecule has 2 heterocycles. The van der Waals surface area contributed by atoms with Crippen LogP contribution in [0.15, 0.2) is 108 Å². The van der Waals surface area contributed by atoms with E-state index in [2.05, 4.69) is 5.32 Å². The summed E-state index contributed by atoms with van der Waals surface area (Å²) in [6.07, 6.45) is 1.53. The molecular weight excluding hydrogens is 614 g/mol. The van der Waals surface area contributed by atoms with Crippen LogP contribution in [0.5, 0.6) is 5.75 Å². The predicted octanol–water partition coefficient (Wildman–Crippen LogP) is 6.11. The van der Waals surface area contributed by atoms with Crippen molar-refractivity contribution in [3.05, 3.63) is 125 Å². The molecule has 2 amide bonds. The summed E-state index contributed by atoms with van der Waals surface area (Å²) in [6, 6.07) is 26.2. The summed E-state index contributed by atoms with van der Waals surface area (Å²) < 4.78 is 40.0. The molecule has 4 aromatic carbocycles. The number of halogens is 1. The highest BCUT2D eigenvalue weighted by atomic mass is 35.5. The molecule has 230 valence electrons. The average molecular weight is 644 g/mol. The molecule has 1 aliphatic heterocycles. The number of para-hydroxylation sites is 1. The SMILES string of the molecule is COCCN1C(=O)c2ccccc2[C@H](C(=O)Nc2cc(Cl)ccc2OC)[C@@H]1c1cn(S(=O)(=O)c2ccccc2)c2ccccc12. The summed E-state index contributed by atoms with van der Waals surface area (Å²) in [6.45, 7) is 0.353. The molecule has 0 bridgehead atoms. The minimum absolute atomic E-state index is 0.112. The van der Waals surface area contributed by atoms with Gasteiger partial charge in [-0.1, -0.05) is 66.2 Å². The van der Waals surface area contributed by atoms with Gasteiger partial charge in [0.15, 0.2) is 0 Å². The Morgan fingerprint density at radius 2 is 1.62 bits per heavy atom. The summed E-state index contributed by atoms with van der Waals surface area (Å²) in [5.74, 6) is -1.25. The molecule has 45 heavy (non-hydrogen) atoms. The zero-order chi connectivity index (χ0) is 31.7. The number of hydrogen-bond donors (Lipinski definition) is 1. The van der Waals surface area contributed by atoms with Crippen molar-refractivity contribution in [2.75, 3.05) is 32.7 Å². The third kappa shape index (κ3) is 5.45. The van der Waals surface area contributed by atoms with Crippen LogP contribution in [-0.2, 0) is 19.6 Å². The fourth-order valence-electron chi connectivity index (χ4n) is 5.96. The molecule has 0 saturated carbocycles. The molecule has 0 saturated heterocycles. The molecule has 0 aliphatic carbocycles. The molecule has 5 aromatic rings. The van der Waals surface area contributed by atoms with Crippen molar-refractivity contribution in [2.24, 2.45) is 0 Å². The Hall–Kier alpha value is -4.64. The molecule has 11 heteroatoms. The van der Waals surface area contributed by atoms with E-state index in [0.717, 1.165) is 0 Å². The third-order valence-corrected chi connectivity index (χ3v) is 9.93. The Morgan fingerprint density at radius 1 is 0.911 bits per heavy atom. The highest BCUT2D eigenvalue weighted by Crippen LogP contribution is 2.46. The first-order valence-corrected chi connectivity index (χ1v) is 16.0. The Labute approximate surface area is 266 Å². The first-order chi connectivity index (χ1) is 21.8. The van der Waals surface area contributed by atoms with Crippen molar-refractivity contribution < 1.29 is 27.5 Å². The zero-order valence-electron chi connectivity index (χ0n) is 24.5. The van der Waals surface area contributed by atoms with Gasteiger partial charge in [0.25, 0.3) is 15.9 Å². The van der Waals surface area contributed by atoms with Gasteiger partial charge in [-0.25, -0.2) is 12.4 Å². The summed E-state index contributed by atoms with van der Waals surface area (Å²) in [4.78, 5) is 30.3. The number of methoxy groups -OCH3 is 2. The summed E-state index contributed by atoms with van der Waals surface area (Å²) >= 11 is 6.28. The van der Waals surface area contributed by atoms with Gasteiger partial charge in [0, 0.05) is 41.4 Å². The number of nitrogens with one attached hydrogen (secondary N) is 1. The number of ether oxygens (including phenoxy) is 2. The van der Waals surface area contributed by atoms with Gasteiger partial charge in [-0.15, -0.1) is 0 Å². The highest BCUT2D eigenvalue weighted by Gasteiger charge is 2.45. The first kappa shape index (κ1) is 30.4. The minimum Gasteiger partial charge on any atom is -0.495 e. The monoisotopic (exact) mass is 643 g/mol. The van der Waals surface area contributed by atoms with E-state index in [1.54, 1.807) is 89.8 Å². The number of carbonyl (C=O) groups is 2. The number of rotatable bonds is 9. The van der Waals surface area contributed by atoms with Gasteiger partial charge < -0.3 is 19.7 Å². The number of amides is 2. The predicted molar refractivity (Wildman–Crippen MR) is 172 cm³/mol. The normalized spacial score (nSPS) is 16.4. The molecule has 9 nitrogen and oxygen atoms in total. The van der Waals surface area contributed by atoms with Crippen LogP contribution in [0.4, 0.5) is 5.69 Å². The number of carbonyl (C=O) groups excluding carboxylic acids is 2. The number of nitrogens with zero attached hydrogens (tertiary/aromatic N) is 2. The number of fused-ring (bicyclic) bond motifs is 2. The van der Waals surface area contributed by atoms with Crippen LogP contribution in [0, 0.1) is 0 Å². The fraction of sp³-hybridized carbons (Fsp3) is 0.176. The lowest BCUT2D eigenvalue weighted by Gasteiger charge is -2.41. The fourth-order valence-corrected chi connectivity index (χ4v) is 7.53. The van der Waals surface area contributed by atoms with E-state index in [9.17, 15) is 18.0 Å². The van der Waals surface area contributed by atoms with Crippen molar-refractivity contribution in [3.8, 4) is 5.75 Å². The minimum atomic E-state index is -4.04. The molecule has 0 fully saturated rings. The Morgan fingerprint density at radius 3 is 2.38 bits per heavy atom. The molecule has 2 atom stereocenters. The maximum absolute atomic E-state index is 14.5. The smallest absolute Gasteiger partial charge is 0.268 e. The quantitative estimate of drug-likeness (QED) is 0.208. The average Bonchev–Trinajstić information content (AvgIpc) is 3.45. The van der Waals surface area contributed by atoms with E-state index < -0.39 is 27.9 Å². The van der Waals surface area contributed by atoms with Crippen LogP contribution in [0.3, 0.4) is 0 Å². The van der Waals surface area contributed by atoms with E-state index in [-0.39, 0.29) is 24.0 Å². The van der Waals surface area contributed by atoms with Crippen LogP contribution in [0.25, 0.3) is 10.9 Å². The molecule has 0 spiro atoms. The van der Waals surface area contributed by atoms with Gasteiger partial charge in [-0.05, 0) is 48.0 Å². The zero-order valence-corrected chi connectivity index (χ0v) is 26.1. The molecule has 6 rings (SSSR count). The van der Waals surface area contributed by atoms with Gasteiger partial charge in [0.2, 0.25) is 5.91 Å². The summed E-state index contributed by atoms with van der Waals surface area (Å²) in [5.41, 5.74) is 2.18. The van der Waals surface area contributed by atoms with Crippen LogP contribution < -0.4 is 10.1 Å². The second kappa shape index (κ2) is 12.4. The van der Waals surface area contributed by atoms with E-state index in [1.807, 2.05) is 0 Å². The lowest BCUT2D eigenvalue weighted by molar-refractivity contribution is -0.119. The number of benzene rings is 4. The standard InChI is InChI=1S/C34H30ClN3O6S/c1-43-19-18-37-32(27-21-38(29-15-9-8-12-24(27)29)45(41,42)23-10-4-3-5-11-23)31(25-13-6-7-14-26(25)34(37)40)33(39)36-28-20-22(35)16-17-30(28)44-2/h3-17,20-21,31-32H,18-19H2,1-2H3,(H,36,39)/t31-,32-/m0/s1. The Balaban J connectivity index is 1.58. The Bertz CT molecular complexity index is 2010. The van der Waals surface area contributed by atoms with Gasteiger partial charge in [-0.2, -0.15) is 0 Å². The molecule has 0 unspecified atom stereocenters. The van der Waals surface area contributed by atoms with Crippen LogP contribution in [0.1, 0.15) is 33.4 Å². The van der Waals surface area contributed by atoms with Crippen molar-refractivity contribution in [3.63, 3.8) is 0 Å². The van der Waals surface area contributed by atoms with Crippen molar-refractivity contribution in [1.82, 2.24) is 8.87 Å². The molecule has 1 N–H and O–H groups in total. The second-order valence-electron chi connectivity index (χ2n) is 10.6. The van der Waals surface area contributed by atoms with E-state index in [1.165, 1.54) is 36.5 Å². The highest BCUT2D eigenvalue weighted by molar-refractivity contribution is 7.90. The molecule has 1 aliphatic rings. The van der Waals surface area contributed by atoms with Crippen molar-refractivity contribution in [2.45, 2.75) is 16.9 Å². The molecule has 0 radical (unpaired) electrons. The van der Waals surface area contributed by atoms with E-state index >= 15 is 0 Å². The van der Waals surface area contributed by atoms with Crippen LogP contribution in [0.2, 0.25) is 5.02 Å². The van der Waals surface area contributed by atoms with Gasteiger partial charge in [0.05, 0.1) is 41.8 Å². The number of anilines is 1. The summed E-state index contributed by atoms with van der Waals surface area (Å²) in [5, 5.41) is 3.97. The van der Waals surface area contributed by atoms with Crippen LogP contribution >= 0.6 is 11.6 Å². The summed E-state index contributed by atoms with van der Waals surface area (Å²) in [7, 11) is -1.01. The molecular formula is C34H30ClN3O6S. The lowest BCUT2D eigenvalue weighted by Crippen LogP contribution is -2.47.